The normalized spacial score (nSPS) is 26.1. The van der Waals surface area contributed by atoms with Gasteiger partial charge in [-0.25, -0.2) is 9.37 Å². The lowest BCUT2D eigenvalue weighted by Crippen LogP contribution is -2.58. The molecule has 1 aliphatic rings. The Labute approximate surface area is 225 Å². The molecule has 0 radical (unpaired) electrons. The molecule has 4 atom stereocenters. The summed E-state index contributed by atoms with van der Waals surface area (Å²) in [5.74, 6) is -0.381. The van der Waals surface area contributed by atoms with Gasteiger partial charge in [-0.15, -0.1) is 4.72 Å². The number of rotatable bonds is 9. The third-order valence-corrected chi connectivity index (χ3v) is 18.8. The molecule has 0 saturated carbocycles. The monoisotopic (exact) mass is 608 g/mol. The molecule has 6 nitrogen and oxygen atoms in total. The molecule has 2 heterocycles. The zero-order valence-corrected chi connectivity index (χ0v) is 26.6. The summed E-state index contributed by atoms with van der Waals surface area (Å²) in [5.41, 5.74) is -1.15. The van der Waals surface area contributed by atoms with Gasteiger partial charge in [0.15, 0.2) is 0 Å². The van der Waals surface area contributed by atoms with Crippen molar-refractivity contribution < 1.29 is 13.5 Å². The molecule has 0 amide bonds. The molecule has 2 rings (SSSR count). The quantitative estimate of drug-likeness (QED) is 0.185. The van der Waals surface area contributed by atoms with Gasteiger partial charge in [0.05, 0.1) is 14.1 Å². The van der Waals surface area contributed by atoms with Gasteiger partial charge >= 0.3 is 0 Å². The van der Waals surface area contributed by atoms with Crippen LogP contribution in [0.3, 0.4) is 0 Å². The molecule has 2 unspecified atom stereocenters. The van der Waals surface area contributed by atoms with Crippen molar-refractivity contribution in [2.24, 2.45) is 0 Å². The molecular formula is C24H42BrFN4O2S2Si. The number of hydrogen-bond acceptors (Lipinski definition) is 6. The third kappa shape index (κ3) is 6.11. The molecule has 3 N–H and O–H groups in total. The number of nitriles is 1. The Hall–Kier alpha value is -0.193. The van der Waals surface area contributed by atoms with Gasteiger partial charge in [-0.05, 0) is 74.6 Å². The van der Waals surface area contributed by atoms with Crippen LogP contribution >= 0.6 is 26.4 Å². The van der Waals surface area contributed by atoms with Crippen molar-refractivity contribution in [3.8, 4) is 6.07 Å². The first-order valence-corrected chi connectivity index (χ1v) is 18.6. The number of halogens is 2. The van der Waals surface area contributed by atoms with E-state index in [1.54, 1.807) is 13.8 Å². The van der Waals surface area contributed by atoms with E-state index in [1.807, 2.05) is 26.8 Å². The van der Waals surface area contributed by atoms with Crippen LogP contribution in [0.25, 0.3) is 0 Å². The Bertz CT molecular complexity index is 950. The van der Waals surface area contributed by atoms with Crippen LogP contribution in [0.2, 0.25) is 18.1 Å². The minimum absolute atomic E-state index is 0.00459. The van der Waals surface area contributed by atoms with Crippen LogP contribution in [0.4, 0.5) is 4.39 Å². The molecule has 11 heteroatoms. The van der Waals surface area contributed by atoms with Gasteiger partial charge in [-0.2, -0.15) is 5.26 Å². The predicted octanol–water partition coefficient (Wildman–Crippen LogP) is 5.82. The summed E-state index contributed by atoms with van der Waals surface area (Å²) in [6, 6.07) is 6.82. The second-order valence-electron chi connectivity index (χ2n) is 11.0. The average molecular weight is 610 g/mol. The Morgan fingerprint density at radius 3 is 2.40 bits per heavy atom. The maximum Gasteiger partial charge on any atom is 0.146 e. The molecular weight excluding hydrogens is 567 g/mol. The van der Waals surface area contributed by atoms with Crippen molar-refractivity contribution in [1.82, 2.24) is 14.4 Å². The third-order valence-electron chi connectivity index (χ3n) is 7.58. The molecule has 0 spiro atoms. The minimum Gasteiger partial charge on any atom is -0.598 e. The number of aromatic nitrogens is 1. The lowest BCUT2D eigenvalue weighted by atomic mass is 10.0. The van der Waals surface area contributed by atoms with E-state index in [0.717, 1.165) is 24.6 Å². The maximum absolute atomic E-state index is 16.6. The predicted molar refractivity (Wildman–Crippen MR) is 153 cm³/mol. The standard InChI is InChI=1S/C24H42BrFN4O2S2Si/c1-9-35(10-2,11-3)18-15-19(25)29-21(20(18)26)24(8,30-33(31)22(4,5)6)17-34(32)23(7,16-27)13-12-14-28-34/h15,28,30,32H,9-14,17H2,1-8H3/t23-,24?,33?/m0/s1. The van der Waals surface area contributed by atoms with Crippen molar-refractivity contribution in [3.63, 3.8) is 0 Å². The van der Waals surface area contributed by atoms with Crippen molar-refractivity contribution in [2.75, 3.05) is 12.3 Å². The minimum atomic E-state index is -2.74. The van der Waals surface area contributed by atoms with E-state index in [1.165, 1.54) is 0 Å². The van der Waals surface area contributed by atoms with Gasteiger partial charge in [0, 0.05) is 23.7 Å². The van der Waals surface area contributed by atoms with Gasteiger partial charge < -0.3 is 9.11 Å². The van der Waals surface area contributed by atoms with E-state index in [4.69, 9.17) is 0 Å². The van der Waals surface area contributed by atoms with Crippen LogP contribution in [0.5, 0.6) is 0 Å². The number of pyridine rings is 1. The average Bonchev–Trinajstić information content (AvgIpc) is 2.78. The second-order valence-corrected chi connectivity index (χ2v) is 21.9. The maximum atomic E-state index is 16.6. The van der Waals surface area contributed by atoms with E-state index in [9.17, 15) is 14.4 Å². The molecule has 1 fully saturated rings. The lowest BCUT2D eigenvalue weighted by Gasteiger charge is -2.52. The first-order chi connectivity index (χ1) is 16.1. The fourth-order valence-electron chi connectivity index (χ4n) is 4.83. The van der Waals surface area contributed by atoms with Crippen molar-refractivity contribution >= 4 is 51.0 Å². The van der Waals surface area contributed by atoms with E-state index in [2.05, 4.69) is 57.2 Å². The van der Waals surface area contributed by atoms with Crippen LogP contribution in [0.1, 0.15) is 73.9 Å². The van der Waals surface area contributed by atoms with E-state index >= 15 is 4.39 Å². The fourth-order valence-corrected chi connectivity index (χ4v) is 13.0. The fraction of sp³-hybridized carbons (Fsp3) is 0.750. The molecule has 1 aromatic heterocycles. The van der Waals surface area contributed by atoms with Crippen LogP contribution < -0.4 is 14.6 Å². The number of nitrogens with one attached hydrogen (secondary N) is 2. The molecule has 1 aromatic rings. The first-order valence-electron chi connectivity index (χ1n) is 12.3. The van der Waals surface area contributed by atoms with E-state index in [0.29, 0.717) is 22.8 Å². The van der Waals surface area contributed by atoms with Gasteiger partial charge in [0.1, 0.15) is 31.1 Å². The van der Waals surface area contributed by atoms with E-state index < -0.39 is 45.0 Å². The second kappa shape index (κ2) is 11.3. The highest BCUT2D eigenvalue weighted by Gasteiger charge is 2.53. The summed E-state index contributed by atoms with van der Waals surface area (Å²) >= 11 is 1.94. The lowest BCUT2D eigenvalue weighted by molar-refractivity contribution is 0.410. The molecule has 1 aliphatic heterocycles. The largest absolute Gasteiger partial charge is 0.598 e. The highest BCUT2D eigenvalue weighted by atomic mass is 79.9. The summed E-state index contributed by atoms with van der Waals surface area (Å²) in [6.07, 6.45) is 1.31. The van der Waals surface area contributed by atoms with Crippen LogP contribution in [0, 0.1) is 17.1 Å². The summed E-state index contributed by atoms with van der Waals surface area (Å²) in [5, 5.41) is 10.7. The number of nitrogens with zero attached hydrogens (tertiary/aromatic N) is 2. The molecule has 1 saturated heterocycles. The highest BCUT2D eigenvalue weighted by molar-refractivity contribution is 9.10. The summed E-state index contributed by atoms with van der Waals surface area (Å²) in [7, 11) is -4.88. The topological polar surface area (TPSA) is 104 Å². The van der Waals surface area contributed by atoms with Gasteiger partial charge in [-0.1, -0.05) is 49.4 Å². The highest BCUT2D eigenvalue weighted by Crippen LogP contribution is 2.59. The smallest absolute Gasteiger partial charge is 0.146 e. The summed E-state index contributed by atoms with van der Waals surface area (Å²) in [6.45, 7) is 16.0. The van der Waals surface area contributed by atoms with Crippen LogP contribution in [-0.4, -0.2) is 44.0 Å². The summed E-state index contributed by atoms with van der Waals surface area (Å²) < 4.78 is 47.1. The van der Waals surface area contributed by atoms with E-state index in [-0.39, 0.29) is 17.3 Å². The molecule has 0 aliphatic carbocycles. The van der Waals surface area contributed by atoms with Crippen LogP contribution in [-0.2, 0) is 16.9 Å². The zero-order chi connectivity index (χ0) is 26.9. The van der Waals surface area contributed by atoms with Crippen LogP contribution in [0.15, 0.2) is 10.7 Å². The SMILES string of the molecule is CC[Si](CC)(CC)c1cc(Br)nc(C(C)(C[S@@]2(O)NCCC[C@@]2(C)C#N)N[S+]([O-])C(C)(C)C)c1F. The molecule has 0 bridgehead atoms. The number of hydrogen-bond donors (Lipinski definition) is 3. The molecule has 200 valence electrons. The summed E-state index contributed by atoms with van der Waals surface area (Å²) in [4.78, 5) is 4.59. The van der Waals surface area contributed by atoms with Gasteiger partial charge in [0.2, 0.25) is 0 Å². The Kier molecular flexibility index (Phi) is 10.00. The Morgan fingerprint density at radius 1 is 1.34 bits per heavy atom. The van der Waals surface area contributed by atoms with Crippen molar-refractivity contribution in [1.29, 1.82) is 5.26 Å². The van der Waals surface area contributed by atoms with Crippen molar-refractivity contribution in [2.45, 2.75) is 101 Å². The first kappa shape index (κ1) is 31.0. The van der Waals surface area contributed by atoms with Gasteiger partial charge in [0.25, 0.3) is 0 Å². The Balaban J connectivity index is 2.79. The molecule has 35 heavy (non-hydrogen) atoms. The van der Waals surface area contributed by atoms with Crippen molar-refractivity contribution in [3.05, 3.63) is 22.2 Å². The van der Waals surface area contributed by atoms with Gasteiger partial charge in [-0.3, -0.25) is 4.72 Å². The zero-order valence-electron chi connectivity index (χ0n) is 22.3. The molecule has 0 aromatic carbocycles. The Morgan fingerprint density at radius 2 is 1.91 bits per heavy atom.